The minimum Gasteiger partial charge on any atom is -0.339 e. The first-order valence-corrected chi connectivity index (χ1v) is 16.0. The summed E-state index contributed by atoms with van der Waals surface area (Å²) in [7, 11) is 0. The van der Waals surface area contributed by atoms with E-state index in [0.29, 0.717) is 43.6 Å². The van der Waals surface area contributed by atoms with Gasteiger partial charge in [-0.3, -0.25) is 4.79 Å². The van der Waals surface area contributed by atoms with Crippen molar-refractivity contribution in [2.75, 3.05) is 11.4 Å². The Labute approximate surface area is 246 Å². The molecule has 3 unspecified atom stereocenters. The molecule has 3 aromatic rings. The zero-order valence-corrected chi connectivity index (χ0v) is 24.7. The third-order valence-electron chi connectivity index (χ3n) is 11.1. The number of hydrogen-bond donors (Lipinski definition) is 0. The number of nitrogens with zero attached hydrogens (tertiary/aromatic N) is 5. The zero-order chi connectivity index (χ0) is 28.7. The summed E-state index contributed by atoms with van der Waals surface area (Å²) in [5.41, 5.74) is 1.20. The molecule has 0 saturated heterocycles. The van der Waals surface area contributed by atoms with Gasteiger partial charge in [0.1, 0.15) is 11.5 Å². The Morgan fingerprint density at radius 3 is 2.55 bits per heavy atom. The van der Waals surface area contributed by atoms with Gasteiger partial charge in [0.15, 0.2) is 5.82 Å². The minimum atomic E-state index is -1.11. The molecule has 4 bridgehead atoms. The molecule has 220 valence electrons. The molecule has 6 fully saturated rings. The summed E-state index contributed by atoms with van der Waals surface area (Å²) in [6.45, 7) is 4.84. The molecule has 0 aliphatic heterocycles. The molecule has 0 N–H and O–H groups in total. The summed E-state index contributed by atoms with van der Waals surface area (Å²) in [5.74, 6) is 4.24. The molecule has 42 heavy (non-hydrogen) atoms. The van der Waals surface area contributed by atoms with Gasteiger partial charge in [0, 0.05) is 47.4 Å². The number of carbonyl (C=O) groups is 1. The average molecular weight is 570 g/mol. The van der Waals surface area contributed by atoms with Crippen molar-refractivity contribution in [3.05, 3.63) is 54.2 Å². The maximum absolute atomic E-state index is 14.6. The molecule has 2 aromatic heterocycles. The fourth-order valence-corrected chi connectivity index (χ4v) is 8.59. The minimum absolute atomic E-state index is 0.0219. The summed E-state index contributed by atoms with van der Waals surface area (Å²) in [4.78, 5) is 30.3. The Balaban J connectivity index is 1.06. The van der Waals surface area contributed by atoms with E-state index < -0.39 is 11.1 Å². The number of hydrogen-bond acceptors (Lipinski definition) is 6. The quantitative estimate of drug-likeness (QED) is 0.283. The lowest BCUT2D eigenvalue weighted by molar-refractivity contribution is -0.211. The number of anilines is 1. The van der Waals surface area contributed by atoms with Gasteiger partial charge in [-0.2, -0.15) is 4.98 Å². The van der Waals surface area contributed by atoms with Crippen LogP contribution in [0.5, 0.6) is 0 Å². The molecule has 1 amide bonds. The van der Waals surface area contributed by atoms with Crippen LogP contribution in [0.15, 0.2) is 41.2 Å². The van der Waals surface area contributed by atoms with Crippen molar-refractivity contribution < 1.29 is 13.7 Å². The topological polar surface area (TPSA) is 85.0 Å². The summed E-state index contributed by atoms with van der Waals surface area (Å²) in [6, 6.07) is 8.22. The maximum atomic E-state index is 14.6. The highest BCUT2D eigenvalue weighted by atomic mass is 19.1. The summed E-state index contributed by atoms with van der Waals surface area (Å²) >= 11 is 0. The van der Waals surface area contributed by atoms with E-state index in [0.717, 1.165) is 72.9 Å². The van der Waals surface area contributed by atoms with Crippen LogP contribution in [0, 0.1) is 17.3 Å². The van der Waals surface area contributed by atoms with Crippen LogP contribution < -0.4 is 4.90 Å². The second-order valence-corrected chi connectivity index (χ2v) is 14.6. The van der Waals surface area contributed by atoms with Gasteiger partial charge in [-0.25, -0.2) is 14.4 Å². The predicted molar refractivity (Wildman–Crippen MR) is 157 cm³/mol. The van der Waals surface area contributed by atoms with Gasteiger partial charge in [-0.1, -0.05) is 44.0 Å². The highest BCUT2D eigenvalue weighted by Gasteiger charge is 2.73. The first-order valence-electron chi connectivity index (χ1n) is 16.0. The van der Waals surface area contributed by atoms with Gasteiger partial charge in [0.05, 0.1) is 5.41 Å². The van der Waals surface area contributed by atoms with Gasteiger partial charge in [0.25, 0.3) is 0 Å². The van der Waals surface area contributed by atoms with E-state index in [1.165, 1.54) is 12.8 Å². The average Bonchev–Trinajstić information content (AvgIpc) is 3.69. The Morgan fingerprint density at radius 1 is 1.07 bits per heavy atom. The molecule has 8 heteroatoms. The second-order valence-electron chi connectivity index (χ2n) is 14.6. The standard InChI is InChI=1S/C34H40FN5O2/c1-21(2)29-38-30(39-42-29)32-11-4-6-24(14-32)25(10-12-32)17-40(31(41)33-18-34(35,19-33)20-33)27-7-3-5-23(13-27)26-15-36-28(37-16-26)22-8-9-22/h3,5,7,13,15-16,21-22,24-25H,4,6,8-12,14,17-20H2,1-2H3. The number of rotatable bonds is 8. The van der Waals surface area contributed by atoms with E-state index in [1.807, 2.05) is 29.4 Å². The van der Waals surface area contributed by atoms with Crippen LogP contribution in [0.1, 0.15) is 114 Å². The lowest BCUT2D eigenvalue weighted by Crippen LogP contribution is -2.70. The van der Waals surface area contributed by atoms with Gasteiger partial charge in [0.2, 0.25) is 11.8 Å². The number of benzene rings is 1. The normalized spacial score (nSPS) is 33.1. The molecular formula is C34H40FN5O2. The van der Waals surface area contributed by atoms with Crippen LogP contribution in [0.3, 0.4) is 0 Å². The largest absolute Gasteiger partial charge is 0.339 e. The molecule has 0 radical (unpaired) electrons. The summed E-state index contributed by atoms with van der Waals surface area (Å²) in [5, 5.41) is 4.46. The molecule has 6 aliphatic rings. The number of fused-ring (bicyclic) bond motifs is 2. The van der Waals surface area contributed by atoms with Crippen molar-refractivity contribution in [3.63, 3.8) is 0 Å². The fraction of sp³-hybridized carbons (Fsp3) is 0.618. The van der Waals surface area contributed by atoms with Crippen LogP contribution in [0.4, 0.5) is 10.1 Å². The van der Waals surface area contributed by atoms with Crippen molar-refractivity contribution in [2.24, 2.45) is 17.3 Å². The Morgan fingerprint density at radius 2 is 1.86 bits per heavy atom. The van der Waals surface area contributed by atoms with Crippen LogP contribution in [0.25, 0.3) is 11.1 Å². The first-order chi connectivity index (χ1) is 20.2. The smallest absolute Gasteiger partial charge is 0.233 e. The Kier molecular flexibility index (Phi) is 5.94. The second kappa shape index (κ2) is 9.42. The molecule has 6 saturated carbocycles. The maximum Gasteiger partial charge on any atom is 0.233 e. The molecule has 6 aliphatic carbocycles. The van der Waals surface area contributed by atoms with Crippen LogP contribution in [-0.2, 0) is 10.2 Å². The van der Waals surface area contributed by atoms with Gasteiger partial charge in [-0.15, -0.1) is 0 Å². The number of amides is 1. The van der Waals surface area contributed by atoms with Crippen molar-refractivity contribution in [2.45, 2.75) is 107 Å². The number of halogens is 1. The lowest BCUT2D eigenvalue weighted by atomic mass is 9.42. The number of carbonyl (C=O) groups excluding carboxylic acids is 1. The Hall–Kier alpha value is -3.16. The van der Waals surface area contributed by atoms with Crippen molar-refractivity contribution >= 4 is 11.6 Å². The van der Waals surface area contributed by atoms with Gasteiger partial charge < -0.3 is 9.42 Å². The summed E-state index contributed by atoms with van der Waals surface area (Å²) < 4.78 is 20.2. The molecule has 9 rings (SSSR count). The third-order valence-corrected chi connectivity index (χ3v) is 11.1. The van der Waals surface area contributed by atoms with E-state index in [2.05, 4.69) is 41.1 Å². The van der Waals surface area contributed by atoms with Crippen LogP contribution in [-0.4, -0.2) is 38.2 Å². The van der Waals surface area contributed by atoms with Crippen molar-refractivity contribution in [1.29, 1.82) is 0 Å². The van der Waals surface area contributed by atoms with Gasteiger partial charge >= 0.3 is 0 Å². The van der Waals surface area contributed by atoms with Crippen LogP contribution >= 0.6 is 0 Å². The highest BCUT2D eigenvalue weighted by Crippen LogP contribution is 2.70. The SMILES string of the molecule is CC(C)c1nc(C23CCCC(C2)C(CN(C(=O)C24CC(F)(C2)C4)c2cccc(-c4cnc(C5CC5)nc4)c2)CC3)no1. The van der Waals surface area contributed by atoms with E-state index in [-0.39, 0.29) is 17.2 Å². The number of alkyl halides is 1. The van der Waals surface area contributed by atoms with Crippen molar-refractivity contribution in [1.82, 2.24) is 20.1 Å². The van der Waals surface area contributed by atoms with Crippen LogP contribution in [0.2, 0.25) is 0 Å². The fourth-order valence-electron chi connectivity index (χ4n) is 8.59. The predicted octanol–water partition coefficient (Wildman–Crippen LogP) is 7.29. The van der Waals surface area contributed by atoms with Gasteiger partial charge in [-0.05, 0) is 87.3 Å². The molecule has 3 atom stereocenters. The summed E-state index contributed by atoms with van der Waals surface area (Å²) in [6.07, 6.45) is 13.8. The molecule has 7 nitrogen and oxygen atoms in total. The zero-order valence-electron chi connectivity index (χ0n) is 24.7. The highest BCUT2D eigenvalue weighted by molar-refractivity contribution is 6.00. The van der Waals surface area contributed by atoms with E-state index in [4.69, 9.17) is 9.51 Å². The monoisotopic (exact) mass is 569 g/mol. The van der Waals surface area contributed by atoms with E-state index in [1.54, 1.807) is 0 Å². The Bertz CT molecular complexity index is 1490. The van der Waals surface area contributed by atoms with E-state index >= 15 is 0 Å². The van der Waals surface area contributed by atoms with E-state index in [9.17, 15) is 9.18 Å². The third kappa shape index (κ3) is 4.31. The molecule has 1 aromatic carbocycles. The molecule has 2 heterocycles. The molecular weight excluding hydrogens is 529 g/mol. The molecule has 0 spiro atoms. The first kappa shape index (κ1) is 26.5. The number of aromatic nitrogens is 4. The lowest BCUT2D eigenvalue weighted by Gasteiger charge is -2.65. The van der Waals surface area contributed by atoms with Crippen molar-refractivity contribution in [3.8, 4) is 11.1 Å².